The Morgan fingerprint density at radius 2 is 1.11 bits per heavy atom. The van der Waals surface area contributed by atoms with Gasteiger partial charge >= 0.3 is 11.9 Å². The van der Waals surface area contributed by atoms with E-state index in [1.54, 1.807) is 49.3 Å². The van der Waals surface area contributed by atoms with Gasteiger partial charge in [-0.15, -0.1) is 0 Å². The van der Waals surface area contributed by atoms with Gasteiger partial charge < -0.3 is 30.6 Å². The van der Waals surface area contributed by atoms with E-state index in [1.807, 2.05) is 29.7 Å². The lowest BCUT2D eigenvalue weighted by atomic mass is 9.99. The van der Waals surface area contributed by atoms with Crippen LogP contribution in [0.15, 0.2) is 73.6 Å². The topological polar surface area (TPSA) is 234 Å². The lowest BCUT2D eigenvalue weighted by molar-refractivity contribution is -0.138. The lowest BCUT2D eigenvalue weighted by Crippen LogP contribution is -2.35. The molecular formula is C46H52F2N14O4. The monoisotopic (exact) mass is 902 g/mol. The maximum atomic E-state index is 14.4. The average molecular weight is 903 g/mol. The second-order valence-electron chi connectivity index (χ2n) is 15.9. The smallest absolute Gasteiger partial charge is 0.303 e. The summed E-state index contributed by atoms with van der Waals surface area (Å²) in [4.78, 5) is 69.1. The quantitative estimate of drug-likeness (QED) is 0.0489. The van der Waals surface area contributed by atoms with Crippen molar-refractivity contribution in [1.82, 2.24) is 49.8 Å². The zero-order valence-electron chi connectivity index (χ0n) is 36.8. The molecule has 6 aromatic heterocycles. The lowest BCUT2D eigenvalue weighted by Gasteiger charge is -2.35. The van der Waals surface area contributed by atoms with Gasteiger partial charge in [0.2, 0.25) is 5.95 Å². The number of fused-ring (bicyclic) bond motifs is 2. The van der Waals surface area contributed by atoms with Gasteiger partial charge in [-0.05, 0) is 51.7 Å². The molecule has 2 unspecified atom stereocenters. The van der Waals surface area contributed by atoms with Crippen molar-refractivity contribution in [2.24, 2.45) is 0 Å². The van der Waals surface area contributed by atoms with Crippen LogP contribution in [0.3, 0.4) is 0 Å². The van der Waals surface area contributed by atoms with E-state index in [0.29, 0.717) is 98.3 Å². The number of nitrogens with one attached hydrogen (secondary N) is 2. The molecule has 0 saturated heterocycles. The van der Waals surface area contributed by atoms with E-state index >= 15 is 0 Å². The Morgan fingerprint density at radius 3 is 1.62 bits per heavy atom. The van der Waals surface area contributed by atoms with Crippen molar-refractivity contribution in [2.75, 3.05) is 46.6 Å². The summed E-state index contributed by atoms with van der Waals surface area (Å²) in [5.41, 5.74) is 4.47. The molecule has 4 N–H and O–H groups in total. The summed E-state index contributed by atoms with van der Waals surface area (Å²) in [5, 5.41) is 23.8. The molecule has 8 rings (SSSR count). The predicted molar refractivity (Wildman–Crippen MR) is 243 cm³/mol. The summed E-state index contributed by atoms with van der Waals surface area (Å²) in [7, 11) is 0. The molecule has 8 heterocycles. The van der Waals surface area contributed by atoms with Crippen molar-refractivity contribution in [1.29, 1.82) is 0 Å². The Balaban J connectivity index is 0.000000196. The van der Waals surface area contributed by atoms with Gasteiger partial charge in [0.05, 0.1) is 23.5 Å². The molecule has 0 spiro atoms. The minimum atomic E-state index is -0.786. The third kappa shape index (κ3) is 12.4. The fraction of sp³-hybridized carbons (Fsp3) is 0.391. The number of rotatable bonds is 18. The Bertz CT molecular complexity index is 2400. The maximum Gasteiger partial charge on any atom is 0.303 e. The van der Waals surface area contributed by atoms with Gasteiger partial charge in [0, 0.05) is 130 Å². The van der Waals surface area contributed by atoms with Gasteiger partial charge in [-0.1, -0.05) is 12.8 Å². The average Bonchev–Trinajstić information content (AvgIpc) is 3.31. The van der Waals surface area contributed by atoms with Crippen LogP contribution >= 0.6 is 0 Å². The molecule has 2 aliphatic heterocycles. The molecule has 2 aliphatic rings. The number of hydrogen-bond donors (Lipinski definition) is 4. The SMILES string of the molecule is CC1c2cnc(-c3ncccn3)nc2CCN1c1cc(F)cc(NCCCCCC(=O)O)n1.CC1c2cnc(-c3ncccn3)nc2CCN1c1cc(NCCCCCC(=O)O)cc(F)n1. The minimum Gasteiger partial charge on any atom is -0.481 e. The molecule has 344 valence electrons. The summed E-state index contributed by atoms with van der Waals surface area (Å²) < 4.78 is 28.6. The first-order chi connectivity index (χ1) is 32.0. The van der Waals surface area contributed by atoms with Crippen molar-refractivity contribution in [3.8, 4) is 23.3 Å². The third-order valence-electron chi connectivity index (χ3n) is 11.3. The van der Waals surface area contributed by atoms with Crippen molar-refractivity contribution < 1.29 is 28.6 Å². The zero-order valence-corrected chi connectivity index (χ0v) is 36.8. The van der Waals surface area contributed by atoms with E-state index in [2.05, 4.69) is 60.5 Å². The molecular weight excluding hydrogens is 851 g/mol. The van der Waals surface area contributed by atoms with Crippen molar-refractivity contribution in [3.05, 3.63) is 108 Å². The molecule has 20 heteroatoms. The normalized spacial score (nSPS) is 15.2. The van der Waals surface area contributed by atoms with Crippen molar-refractivity contribution in [2.45, 2.75) is 90.1 Å². The van der Waals surface area contributed by atoms with Gasteiger partial charge in [-0.3, -0.25) is 9.59 Å². The van der Waals surface area contributed by atoms with Crippen LogP contribution in [0.25, 0.3) is 23.3 Å². The molecule has 0 radical (unpaired) electrons. The number of aliphatic carboxylic acids is 2. The van der Waals surface area contributed by atoms with Gasteiger partial charge in [-0.25, -0.2) is 54.2 Å². The van der Waals surface area contributed by atoms with Gasteiger partial charge in [-0.2, -0.15) is 4.39 Å². The number of hydrogen-bond acceptors (Lipinski definition) is 16. The summed E-state index contributed by atoms with van der Waals surface area (Å²) in [6.07, 6.45) is 16.4. The number of carboxylic acids is 2. The second kappa shape index (κ2) is 22.5. The molecule has 0 bridgehead atoms. The number of aromatic nitrogens is 10. The van der Waals surface area contributed by atoms with Crippen LogP contribution in [0.2, 0.25) is 0 Å². The van der Waals surface area contributed by atoms with Gasteiger partial charge in [0.25, 0.3) is 0 Å². The summed E-state index contributed by atoms with van der Waals surface area (Å²) in [5.74, 6) is 1.06. The highest BCUT2D eigenvalue weighted by Crippen LogP contribution is 2.35. The molecule has 66 heavy (non-hydrogen) atoms. The minimum absolute atomic E-state index is 0.0716. The molecule has 0 fully saturated rings. The third-order valence-corrected chi connectivity index (χ3v) is 11.3. The first-order valence-corrected chi connectivity index (χ1v) is 22.1. The van der Waals surface area contributed by atoms with Gasteiger partial charge in [0.1, 0.15) is 23.3 Å². The number of halogens is 2. The van der Waals surface area contributed by atoms with Crippen LogP contribution < -0.4 is 20.4 Å². The Kier molecular flexibility index (Phi) is 15.9. The van der Waals surface area contributed by atoms with Gasteiger partial charge in [0.15, 0.2) is 23.3 Å². The number of nitrogens with zero attached hydrogens (tertiary/aromatic N) is 12. The fourth-order valence-corrected chi connectivity index (χ4v) is 7.86. The van der Waals surface area contributed by atoms with E-state index in [4.69, 9.17) is 10.2 Å². The van der Waals surface area contributed by atoms with Crippen LogP contribution in [0.4, 0.5) is 31.9 Å². The molecule has 0 amide bonds. The molecule has 0 aliphatic carbocycles. The van der Waals surface area contributed by atoms with E-state index in [-0.39, 0.29) is 30.7 Å². The van der Waals surface area contributed by atoms with E-state index in [0.717, 1.165) is 48.2 Å². The standard InChI is InChI=1S/2C23H26FN7O2/c1-15-17-14-28-23(22-26-9-5-10-27-22)29-18(17)7-11-31(15)20-13-16(12-19(24)30-20)25-8-4-2-3-6-21(32)33;1-15-17-14-28-23(22-26-9-5-10-27-22)29-18(17)7-11-31(15)20-13-16(24)12-19(30-20)25-8-4-2-3-6-21(32)33/h2*5,9-10,12-15H,2-4,6-8,11H2,1H3,(H,25,30)(H,32,33). The van der Waals surface area contributed by atoms with E-state index in [1.165, 1.54) is 18.2 Å². The molecule has 2 atom stereocenters. The summed E-state index contributed by atoms with van der Waals surface area (Å²) >= 11 is 0. The fourth-order valence-electron chi connectivity index (χ4n) is 7.86. The summed E-state index contributed by atoms with van der Waals surface area (Å²) in [6, 6.07) is 9.38. The highest BCUT2D eigenvalue weighted by molar-refractivity contribution is 5.67. The number of carboxylic acid groups (broad SMARTS) is 2. The largest absolute Gasteiger partial charge is 0.481 e. The molecule has 6 aromatic rings. The summed E-state index contributed by atoms with van der Waals surface area (Å²) in [6.45, 7) is 6.59. The van der Waals surface area contributed by atoms with E-state index < -0.39 is 17.9 Å². The van der Waals surface area contributed by atoms with Crippen LogP contribution in [0, 0.1) is 11.8 Å². The van der Waals surface area contributed by atoms with Crippen LogP contribution in [-0.4, -0.2) is 98.2 Å². The van der Waals surface area contributed by atoms with Crippen LogP contribution in [-0.2, 0) is 22.4 Å². The Morgan fingerprint density at radius 1 is 0.606 bits per heavy atom. The highest BCUT2D eigenvalue weighted by Gasteiger charge is 2.29. The van der Waals surface area contributed by atoms with Crippen LogP contribution in [0.1, 0.15) is 99.8 Å². The van der Waals surface area contributed by atoms with E-state index in [9.17, 15) is 18.4 Å². The maximum absolute atomic E-state index is 14.4. The zero-order chi connectivity index (χ0) is 46.4. The number of unbranched alkanes of at least 4 members (excludes halogenated alkanes) is 4. The highest BCUT2D eigenvalue weighted by atomic mass is 19.1. The first-order valence-electron chi connectivity index (χ1n) is 22.1. The van der Waals surface area contributed by atoms with Crippen molar-refractivity contribution >= 4 is 35.1 Å². The van der Waals surface area contributed by atoms with Crippen molar-refractivity contribution in [3.63, 3.8) is 0 Å². The number of pyridine rings is 2. The second-order valence-corrected chi connectivity index (χ2v) is 15.9. The molecule has 0 aromatic carbocycles. The Hall–Kier alpha value is -7.38. The molecule has 18 nitrogen and oxygen atoms in total. The first kappa shape index (κ1) is 46.6. The van der Waals surface area contributed by atoms with Crippen LogP contribution in [0.5, 0.6) is 0 Å². The number of carbonyl (C=O) groups is 2. The number of anilines is 4. The molecule has 0 saturated carbocycles. The predicted octanol–water partition coefficient (Wildman–Crippen LogP) is 7.30. The Labute approximate surface area is 380 Å².